The van der Waals surface area contributed by atoms with Crippen molar-refractivity contribution in [3.05, 3.63) is 18.0 Å². The van der Waals surface area contributed by atoms with E-state index in [0.29, 0.717) is 12.5 Å². The molecule has 4 nitrogen and oxygen atoms in total. The molecule has 106 valence electrons. The Bertz CT molecular complexity index is 439. The third-order valence-electron chi connectivity index (χ3n) is 4.12. The Kier molecular flexibility index (Phi) is 3.97. The molecule has 1 aliphatic carbocycles. The molecule has 0 spiro atoms. The summed E-state index contributed by atoms with van der Waals surface area (Å²) in [5.41, 5.74) is 0.650. The van der Waals surface area contributed by atoms with Crippen molar-refractivity contribution < 1.29 is 9.90 Å². The van der Waals surface area contributed by atoms with Gasteiger partial charge in [0.15, 0.2) is 0 Å². The van der Waals surface area contributed by atoms with Crippen molar-refractivity contribution in [2.75, 3.05) is 0 Å². The topological polar surface area (TPSA) is 55.1 Å². The van der Waals surface area contributed by atoms with Crippen molar-refractivity contribution in [3.63, 3.8) is 0 Å². The minimum atomic E-state index is -0.733. The molecule has 1 aliphatic rings. The first-order valence-electron chi connectivity index (χ1n) is 7.15. The summed E-state index contributed by atoms with van der Waals surface area (Å²) in [5, 5.41) is 13.9. The molecule has 1 fully saturated rings. The molecule has 1 heterocycles. The molecule has 4 heteroatoms. The average Bonchev–Trinajstić information content (AvgIpc) is 2.94. The Hall–Kier alpha value is -1.32. The van der Waals surface area contributed by atoms with Gasteiger partial charge < -0.3 is 5.11 Å². The van der Waals surface area contributed by atoms with Crippen molar-refractivity contribution in [2.24, 2.45) is 11.3 Å². The Balaban J connectivity index is 2.07. The SMILES string of the molecule is CC(C)(C)C(Cc1ccn(C2CCCC2)n1)C(=O)O. The van der Waals surface area contributed by atoms with Crippen molar-refractivity contribution >= 4 is 5.97 Å². The van der Waals surface area contributed by atoms with Crippen LogP contribution in [0.2, 0.25) is 0 Å². The molecule has 19 heavy (non-hydrogen) atoms. The zero-order chi connectivity index (χ0) is 14.0. The smallest absolute Gasteiger partial charge is 0.307 e. The van der Waals surface area contributed by atoms with Gasteiger partial charge in [0.2, 0.25) is 0 Å². The van der Waals surface area contributed by atoms with Gasteiger partial charge in [-0.05, 0) is 24.3 Å². The first-order valence-corrected chi connectivity index (χ1v) is 7.15. The number of carbonyl (C=O) groups is 1. The van der Waals surface area contributed by atoms with E-state index < -0.39 is 5.97 Å². The maximum absolute atomic E-state index is 11.4. The highest BCUT2D eigenvalue weighted by Crippen LogP contribution is 2.31. The van der Waals surface area contributed by atoms with E-state index in [1.165, 1.54) is 25.7 Å². The van der Waals surface area contributed by atoms with E-state index in [1.807, 2.05) is 37.7 Å². The van der Waals surface area contributed by atoms with Crippen LogP contribution >= 0.6 is 0 Å². The second kappa shape index (κ2) is 5.35. The lowest BCUT2D eigenvalue weighted by molar-refractivity contribution is -0.145. The third kappa shape index (κ3) is 3.37. The fraction of sp³-hybridized carbons (Fsp3) is 0.733. The summed E-state index contributed by atoms with van der Waals surface area (Å²) in [5.74, 6) is -1.12. The van der Waals surface area contributed by atoms with Crippen LogP contribution < -0.4 is 0 Å². The lowest BCUT2D eigenvalue weighted by Gasteiger charge is -2.26. The molecule has 0 aliphatic heterocycles. The number of aromatic nitrogens is 2. The van der Waals surface area contributed by atoms with Crippen molar-refractivity contribution in [1.29, 1.82) is 0 Å². The Labute approximate surface area is 114 Å². The minimum Gasteiger partial charge on any atom is -0.481 e. The van der Waals surface area contributed by atoms with Crippen LogP contribution in [-0.2, 0) is 11.2 Å². The van der Waals surface area contributed by atoms with E-state index in [1.54, 1.807) is 0 Å². The quantitative estimate of drug-likeness (QED) is 0.908. The van der Waals surface area contributed by atoms with Gasteiger partial charge in [-0.2, -0.15) is 5.10 Å². The van der Waals surface area contributed by atoms with E-state index in [-0.39, 0.29) is 11.3 Å². The minimum absolute atomic E-state index is 0.247. The molecule has 0 amide bonds. The van der Waals surface area contributed by atoms with Crippen LogP contribution in [0.3, 0.4) is 0 Å². The standard InChI is InChI=1S/C15H24N2O2/c1-15(2,3)13(14(18)19)10-11-8-9-17(16-11)12-6-4-5-7-12/h8-9,12-13H,4-7,10H2,1-3H3,(H,18,19). The summed E-state index contributed by atoms with van der Waals surface area (Å²) in [6, 6.07) is 2.49. The molecule has 0 bridgehead atoms. The summed E-state index contributed by atoms with van der Waals surface area (Å²) >= 11 is 0. The van der Waals surface area contributed by atoms with Crippen LogP contribution in [0.15, 0.2) is 12.3 Å². The Morgan fingerprint density at radius 2 is 2.11 bits per heavy atom. The van der Waals surface area contributed by atoms with Crippen LogP contribution in [0.4, 0.5) is 0 Å². The highest BCUT2D eigenvalue weighted by Gasteiger charge is 2.32. The molecule has 0 radical (unpaired) electrons. The van der Waals surface area contributed by atoms with Crippen molar-refractivity contribution in [3.8, 4) is 0 Å². The number of hydrogen-bond acceptors (Lipinski definition) is 2. The maximum atomic E-state index is 11.4. The molecule has 2 rings (SSSR count). The largest absolute Gasteiger partial charge is 0.481 e. The maximum Gasteiger partial charge on any atom is 0.307 e. The van der Waals surface area contributed by atoms with Crippen LogP contribution in [0.25, 0.3) is 0 Å². The van der Waals surface area contributed by atoms with E-state index in [4.69, 9.17) is 0 Å². The molecule has 1 aromatic heterocycles. The van der Waals surface area contributed by atoms with E-state index in [9.17, 15) is 9.90 Å². The Morgan fingerprint density at radius 1 is 1.47 bits per heavy atom. The number of carboxylic acids is 1. The van der Waals surface area contributed by atoms with Crippen LogP contribution in [0.1, 0.15) is 58.2 Å². The fourth-order valence-corrected chi connectivity index (χ4v) is 2.83. The summed E-state index contributed by atoms with van der Waals surface area (Å²) < 4.78 is 2.03. The molecule has 1 atom stereocenters. The first-order chi connectivity index (χ1) is 8.88. The lowest BCUT2D eigenvalue weighted by Crippen LogP contribution is -2.30. The molecule has 0 saturated heterocycles. The second-order valence-electron chi connectivity index (χ2n) is 6.69. The lowest BCUT2D eigenvalue weighted by atomic mass is 9.78. The molecule has 1 aromatic rings. The van der Waals surface area contributed by atoms with Crippen LogP contribution in [-0.4, -0.2) is 20.9 Å². The predicted molar refractivity (Wildman–Crippen MR) is 74.0 cm³/mol. The van der Waals surface area contributed by atoms with Gasteiger partial charge in [0.25, 0.3) is 0 Å². The van der Waals surface area contributed by atoms with Gasteiger partial charge in [0.1, 0.15) is 0 Å². The van der Waals surface area contributed by atoms with E-state index in [2.05, 4.69) is 5.10 Å². The molecular formula is C15H24N2O2. The van der Waals surface area contributed by atoms with Crippen molar-refractivity contribution in [1.82, 2.24) is 9.78 Å². The number of carboxylic acid groups (broad SMARTS) is 1. The molecule has 1 unspecified atom stereocenters. The molecule has 0 aromatic carbocycles. The highest BCUT2D eigenvalue weighted by atomic mass is 16.4. The van der Waals surface area contributed by atoms with Gasteiger partial charge in [-0.3, -0.25) is 9.48 Å². The van der Waals surface area contributed by atoms with Crippen molar-refractivity contribution in [2.45, 2.75) is 58.9 Å². The fourth-order valence-electron chi connectivity index (χ4n) is 2.83. The van der Waals surface area contributed by atoms with Crippen LogP contribution in [0.5, 0.6) is 0 Å². The van der Waals surface area contributed by atoms with E-state index >= 15 is 0 Å². The van der Waals surface area contributed by atoms with Gasteiger partial charge >= 0.3 is 5.97 Å². The predicted octanol–water partition coefficient (Wildman–Crippen LogP) is 3.29. The zero-order valence-electron chi connectivity index (χ0n) is 12.1. The van der Waals surface area contributed by atoms with Gasteiger partial charge in [-0.15, -0.1) is 0 Å². The summed E-state index contributed by atoms with van der Waals surface area (Å²) in [4.78, 5) is 11.4. The third-order valence-corrected chi connectivity index (χ3v) is 4.12. The average molecular weight is 264 g/mol. The number of rotatable bonds is 4. The van der Waals surface area contributed by atoms with E-state index in [0.717, 1.165) is 5.69 Å². The number of nitrogens with zero attached hydrogens (tertiary/aromatic N) is 2. The van der Waals surface area contributed by atoms with Gasteiger partial charge in [-0.1, -0.05) is 33.6 Å². The van der Waals surface area contributed by atoms with Crippen LogP contribution in [0, 0.1) is 11.3 Å². The monoisotopic (exact) mass is 264 g/mol. The summed E-state index contributed by atoms with van der Waals surface area (Å²) in [7, 11) is 0. The van der Waals surface area contributed by atoms with Gasteiger partial charge in [0, 0.05) is 12.6 Å². The molecule has 1 N–H and O–H groups in total. The zero-order valence-corrected chi connectivity index (χ0v) is 12.1. The highest BCUT2D eigenvalue weighted by molar-refractivity contribution is 5.71. The summed E-state index contributed by atoms with van der Waals surface area (Å²) in [6.45, 7) is 5.92. The first kappa shape index (κ1) is 14.1. The summed E-state index contributed by atoms with van der Waals surface area (Å²) in [6.07, 6.45) is 7.47. The molecular weight excluding hydrogens is 240 g/mol. The number of aliphatic carboxylic acids is 1. The van der Waals surface area contributed by atoms with Gasteiger partial charge in [0.05, 0.1) is 17.7 Å². The Morgan fingerprint density at radius 3 is 2.63 bits per heavy atom. The molecule has 1 saturated carbocycles. The second-order valence-corrected chi connectivity index (χ2v) is 6.69. The van der Waals surface area contributed by atoms with Gasteiger partial charge in [-0.25, -0.2) is 0 Å². The normalized spacial score (nSPS) is 18.7. The number of hydrogen-bond donors (Lipinski definition) is 1.